The molecule has 0 aromatic rings. The summed E-state index contributed by atoms with van der Waals surface area (Å²) in [5.74, 6) is 1.08. The highest BCUT2D eigenvalue weighted by molar-refractivity contribution is 8.14. The molecule has 1 saturated heterocycles. The van der Waals surface area contributed by atoms with Gasteiger partial charge in [0.05, 0.1) is 6.61 Å². The number of thioether (sulfide) groups is 1. The molecule has 0 spiro atoms. The molecule has 0 unspecified atom stereocenters. The quantitative estimate of drug-likeness (QED) is 0.699. The van der Waals surface area contributed by atoms with E-state index in [4.69, 9.17) is 9.47 Å². The molecule has 0 radical (unpaired) electrons. The lowest BCUT2D eigenvalue weighted by atomic mass is 10.3. The molecular formula is C10H18O4S2. The molecule has 0 aromatic heterocycles. The van der Waals surface area contributed by atoms with Crippen LogP contribution in [0.4, 0.5) is 0 Å². The van der Waals surface area contributed by atoms with Crippen LogP contribution in [0.3, 0.4) is 0 Å². The Kier molecular flexibility index (Phi) is 5.78. The largest absolute Gasteiger partial charge is 0.464 e. The van der Waals surface area contributed by atoms with E-state index >= 15 is 0 Å². The first kappa shape index (κ1) is 14.0. The van der Waals surface area contributed by atoms with Crippen LogP contribution in [0.2, 0.25) is 0 Å². The van der Waals surface area contributed by atoms with Gasteiger partial charge in [0.1, 0.15) is 0 Å². The third kappa shape index (κ3) is 2.99. The van der Waals surface area contributed by atoms with Gasteiger partial charge in [-0.25, -0.2) is 4.79 Å². The Morgan fingerprint density at radius 2 is 2.31 bits per heavy atom. The molecular weight excluding hydrogens is 248 g/mol. The molecule has 0 N–H and O–H groups in total. The zero-order valence-corrected chi connectivity index (χ0v) is 11.3. The second-order valence-corrected chi connectivity index (χ2v) is 6.92. The van der Waals surface area contributed by atoms with Crippen LogP contribution in [-0.4, -0.2) is 46.1 Å². The molecule has 0 aromatic carbocycles. The van der Waals surface area contributed by atoms with Crippen LogP contribution in [-0.2, 0) is 25.1 Å². The standard InChI is InChI=1S/C10H18O4S2/c1-3-14-9(11)10(5-6-13-2)15-7-4-8-16(10)12/h3-8H2,1-2H3/t10-,16+/m1/s1. The Hall–Kier alpha value is -0.0700. The molecule has 1 fully saturated rings. The SMILES string of the molecule is CCOC(=O)[C@]1(CCOC)SCCC[S@@]1=O. The molecule has 16 heavy (non-hydrogen) atoms. The van der Waals surface area contributed by atoms with Crippen LogP contribution in [0, 0.1) is 0 Å². The van der Waals surface area contributed by atoms with E-state index in [1.807, 2.05) is 0 Å². The summed E-state index contributed by atoms with van der Waals surface area (Å²) in [7, 11) is 0.417. The Bertz CT molecular complexity index is 270. The number of carbonyl (C=O) groups is 1. The van der Waals surface area contributed by atoms with E-state index in [0.29, 0.717) is 25.4 Å². The summed E-state index contributed by atoms with van der Waals surface area (Å²) in [4.78, 5) is 11.9. The van der Waals surface area contributed by atoms with Crippen LogP contribution in [0.15, 0.2) is 0 Å². The molecule has 1 rings (SSSR count). The van der Waals surface area contributed by atoms with Gasteiger partial charge in [0, 0.05) is 36.7 Å². The summed E-state index contributed by atoms with van der Waals surface area (Å²) >= 11 is 1.45. The monoisotopic (exact) mass is 266 g/mol. The summed E-state index contributed by atoms with van der Waals surface area (Å²) in [5, 5.41) is 0. The van der Waals surface area contributed by atoms with Gasteiger partial charge >= 0.3 is 5.97 Å². The minimum Gasteiger partial charge on any atom is -0.464 e. The van der Waals surface area contributed by atoms with E-state index in [0.717, 1.165) is 12.2 Å². The summed E-state index contributed by atoms with van der Waals surface area (Å²) in [6, 6.07) is 0. The number of hydrogen-bond acceptors (Lipinski definition) is 5. The number of ether oxygens (including phenoxy) is 2. The Morgan fingerprint density at radius 3 is 2.88 bits per heavy atom. The van der Waals surface area contributed by atoms with Crippen molar-refractivity contribution in [1.29, 1.82) is 0 Å². The normalized spacial score (nSPS) is 30.0. The number of methoxy groups -OCH3 is 1. The zero-order valence-electron chi connectivity index (χ0n) is 9.69. The van der Waals surface area contributed by atoms with E-state index in [9.17, 15) is 9.00 Å². The third-order valence-electron chi connectivity index (χ3n) is 2.40. The molecule has 6 heteroatoms. The second-order valence-electron chi connectivity index (χ2n) is 3.47. The van der Waals surface area contributed by atoms with Crippen LogP contribution in [0.5, 0.6) is 0 Å². The average molecular weight is 266 g/mol. The van der Waals surface area contributed by atoms with E-state index < -0.39 is 14.9 Å². The minimum atomic E-state index is -1.16. The molecule has 1 aliphatic rings. The molecule has 94 valence electrons. The molecule has 4 nitrogen and oxygen atoms in total. The highest BCUT2D eigenvalue weighted by Gasteiger charge is 2.47. The lowest BCUT2D eigenvalue weighted by molar-refractivity contribution is -0.143. The average Bonchev–Trinajstić information content (AvgIpc) is 2.28. The molecule has 2 atom stereocenters. The summed E-state index contributed by atoms with van der Waals surface area (Å²) in [6.45, 7) is 2.52. The van der Waals surface area contributed by atoms with E-state index in [1.165, 1.54) is 11.8 Å². The molecule has 0 aliphatic carbocycles. The first-order chi connectivity index (χ1) is 7.67. The van der Waals surface area contributed by atoms with Crippen LogP contribution in [0.25, 0.3) is 0 Å². The van der Waals surface area contributed by atoms with Gasteiger partial charge in [-0.05, 0) is 19.1 Å². The van der Waals surface area contributed by atoms with Crippen molar-refractivity contribution in [2.45, 2.75) is 23.8 Å². The highest BCUT2D eigenvalue weighted by atomic mass is 32.2. The van der Waals surface area contributed by atoms with Crippen molar-refractivity contribution >= 4 is 28.5 Å². The van der Waals surface area contributed by atoms with Gasteiger partial charge in [-0.1, -0.05) is 0 Å². The van der Waals surface area contributed by atoms with E-state index in [2.05, 4.69) is 0 Å². The van der Waals surface area contributed by atoms with Gasteiger partial charge in [-0.3, -0.25) is 4.21 Å². The predicted molar refractivity (Wildman–Crippen MR) is 65.9 cm³/mol. The van der Waals surface area contributed by atoms with Crippen molar-refractivity contribution in [1.82, 2.24) is 0 Å². The van der Waals surface area contributed by atoms with Gasteiger partial charge in [-0.2, -0.15) is 0 Å². The number of hydrogen-bond donors (Lipinski definition) is 0. The minimum absolute atomic E-state index is 0.325. The molecule has 0 saturated carbocycles. The first-order valence-electron chi connectivity index (χ1n) is 5.36. The predicted octanol–water partition coefficient (Wildman–Crippen LogP) is 1.17. The number of rotatable bonds is 5. The van der Waals surface area contributed by atoms with Crippen molar-refractivity contribution in [2.24, 2.45) is 0 Å². The van der Waals surface area contributed by atoms with Gasteiger partial charge in [0.2, 0.25) is 0 Å². The smallest absolute Gasteiger partial charge is 0.335 e. The van der Waals surface area contributed by atoms with Gasteiger partial charge < -0.3 is 9.47 Å². The maximum absolute atomic E-state index is 12.1. The second kappa shape index (κ2) is 6.61. The fraction of sp³-hybridized carbons (Fsp3) is 0.900. The fourth-order valence-corrected chi connectivity index (χ4v) is 5.10. The molecule has 0 bridgehead atoms. The highest BCUT2D eigenvalue weighted by Crippen LogP contribution is 2.38. The Balaban J connectivity index is 2.81. The Morgan fingerprint density at radius 1 is 1.56 bits per heavy atom. The van der Waals surface area contributed by atoms with Crippen LogP contribution >= 0.6 is 11.8 Å². The fourth-order valence-electron chi connectivity index (χ4n) is 1.58. The molecule has 1 aliphatic heterocycles. The third-order valence-corrected chi connectivity index (χ3v) is 6.41. The lowest BCUT2D eigenvalue weighted by Crippen LogP contribution is -2.45. The first-order valence-corrected chi connectivity index (χ1v) is 7.66. The summed E-state index contributed by atoms with van der Waals surface area (Å²) in [5.41, 5.74) is 0. The number of carbonyl (C=O) groups excluding carboxylic acids is 1. The maximum atomic E-state index is 12.1. The molecule has 1 heterocycles. The summed E-state index contributed by atoms with van der Waals surface area (Å²) < 4.78 is 21.2. The van der Waals surface area contributed by atoms with Crippen molar-refractivity contribution in [2.75, 3.05) is 31.8 Å². The van der Waals surface area contributed by atoms with Crippen LogP contribution in [0.1, 0.15) is 19.8 Å². The van der Waals surface area contributed by atoms with Crippen molar-refractivity contribution in [3.05, 3.63) is 0 Å². The van der Waals surface area contributed by atoms with Crippen LogP contribution < -0.4 is 0 Å². The molecule has 0 amide bonds. The van der Waals surface area contributed by atoms with Crippen molar-refractivity contribution < 1.29 is 18.5 Å². The Labute approximate surface area is 103 Å². The maximum Gasteiger partial charge on any atom is 0.335 e. The summed E-state index contributed by atoms with van der Waals surface area (Å²) in [6.07, 6.45) is 1.35. The van der Waals surface area contributed by atoms with Crippen molar-refractivity contribution in [3.8, 4) is 0 Å². The van der Waals surface area contributed by atoms with Gasteiger partial charge in [0.15, 0.2) is 4.08 Å². The number of esters is 1. The lowest BCUT2D eigenvalue weighted by Gasteiger charge is -2.32. The van der Waals surface area contributed by atoms with E-state index in [-0.39, 0.29) is 5.97 Å². The van der Waals surface area contributed by atoms with Gasteiger partial charge in [0.25, 0.3) is 0 Å². The van der Waals surface area contributed by atoms with E-state index in [1.54, 1.807) is 14.0 Å². The van der Waals surface area contributed by atoms with Gasteiger partial charge in [-0.15, -0.1) is 11.8 Å². The topological polar surface area (TPSA) is 52.6 Å². The zero-order chi connectivity index (χ0) is 12.0. The van der Waals surface area contributed by atoms with Crippen molar-refractivity contribution in [3.63, 3.8) is 0 Å².